The fraction of sp³-hybridized carbons (Fsp3) is 0.280. The van der Waals surface area contributed by atoms with E-state index in [1.165, 1.54) is 6.33 Å². The number of fused-ring (bicyclic) bond motifs is 3. The number of amides is 1. The lowest BCUT2D eigenvalue weighted by atomic mass is 10.1. The Hall–Kier alpha value is -3.94. The maximum atomic E-state index is 13.2. The number of hydrogen-bond acceptors (Lipinski definition) is 6. The highest BCUT2D eigenvalue weighted by Crippen LogP contribution is 2.25. The molecule has 1 aliphatic rings. The summed E-state index contributed by atoms with van der Waals surface area (Å²) in [5, 5.41) is 0.732. The van der Waals surface area contributed by atoms with Crippen LogP contribution in [0.1, 0.15) is 30.9 Å². The predicted molar refractivity (Wildman–Crippen MR) is 121 cm³/mol. The van der Waals surface area contributed by atoms with E-state index in [1.807, 2.05) is 24.3 Å². The zero-order chi connectivity index (χ0) is 22.8. The van der Waals surface area contributed by atoms with Gasteiger partial charge in [0.05, 0.1) is 6.33 Å². The van der Waals surface area contributed by atoms with Crippen molar-refractivity contribution in [1.29, 1.82) is 0 Å². The van der Waals surface area contributed by atoms with Crippen molar-refractivity contribution in [3.05, 3.63) is 76.8 Å². The van der Waals surface area contributed by atoms with Crippen LogP contribution in [0.4, 0.5) is 0 Å². The summed E-state index contributed by atoms with van der Waals surface area (Å²) in [5.74, 6) is -0.943. The molecule has 0 saturated carbocycles. The van der Waals surface area contributed by atoms with Crippen LogP contribution in [0.3, 0.4) is 0 Å². The molecule has 0 N–H and O–H groups in total. The zero-order valence-corrected chi connectivity index (χ0v) is 18.0. The molecular weight excluding hydrogens is 422 g/mol. The van der Waals surface area contributed by atoms with Crippen LogP contribution in [0.25, 0.3) is 22.1 Å². The van der Waals surface area contributed by atoms with Crippen molar-refractivity contribution < 1.29 is 18.7 Å². The normalized spacial score (nSPS) is 15.0. The Balaban J connectivity index is 1.40. The van der Waals surface area contributed by atoms with Gasteiger partial charge in [-0.2, -0.15) is 0 Å². The predicted octanol–water partition coefficient (Wildman–Crippen LogP) is 3.44. The lowest BCUT2D eigenvalue weighted by Gasteiger charge is -2.30. The molecule has 33 heavy (non-hydrogen) atoms. The van der Waals surface area contributed by atoms with E-state index >= 15 is 0 Å². The van der Waals surface area contributed by atoms with Crippen molar-refractivity contribution >= 4 is 33.9 Å². The third-order valence-corrected chi connectivity index (χ3v) is 5.89. The smallest absolute Gasteiger partial charge is 0.327 e. The number of carbonyl (C=O) groups is 2. The highest BCUT2D eigenvalue weighted by atomic mass is 16.5. The second-order valence-electron chi connectivity index (χ2n) is 8.12. The monoisotopic (exact) mass is 445 g/mol. The Bertz CT molecular complexity index is 1370. The molecule has 0 spiro atoms. The highest BCUT2D eigenvalue weighted by molar-refractivity contribution is 6.01. The van der Waals surface area contributed by atoms with Gasteiger partial charge in [0, 0.05) is 24.0 Å². The van der Waals surface area contributed by atoms with E-state index in [1.54, 1.807) is 35.2 Å². The second-order valence-corrected chi connectivity index (χ2v) is 8.12. The van der Waals surface area contributed by atoms with Crippen LogP contribution in [0.15, 0.2) is 70.1 Å². The molecular formula is C25H23N3O5. The summed E-state index contributed by atoms with van der Waals surface area (Å²) in [5.41, 5.74) is 1.19. The van der Waals surface area contributed by atoms with Crippen molar-refractivity contribution in [2.45, 2.75) is 31.9 Å². The average molecular weight is 445 g/mol. The molecule has 1 amide bonds. The molecule has 0 aliphatic carbocycles. The van der Waals surface area contributed by atoms with Gasteiger partial charge in [0.1, 0.15) is 17.6 Å². The van der Waals surface area contributed by atoms with Gasteiger partial charge in [-0.1, -0.05) is 42.5 Å². The standard InChI is InChI=1S/C25H23N3O5/c29-20(15-28-16-26-21-18-11-5-6-12-19(18)32-23(21)25(28)31)33-22(17-9-3-1-4-10-17)24(30)27-13-7-2-8-14-27/h1,3-6,9-12,16,22H,2,7-8,13-15H2. The Kier molecular flexibility index (Phi) is 5.64. The van der Waals surface area contributed by atoms with E-state index in [0.717, 1.165) is 29.2 Å². The molecule has 1 atom stereocenters. The van der Waals surface area contributed by atoms with E-state index in [2.05, 4.69) is 4.98 Å². The third kappa shape index (κ3) is 4.11. The van der Waals surface area contributed by atoms with E-state index in [9.17, 15) is 14.4 Å². The number of rotatable bonds is 5. The van der Waals surface area contributed by atoms with Crippen molar-refractivity contribution in [3.8, 4) is 0 Å². The SMILES string of the molecule is O=C(Cn1cnc2c(oc3ccccc32)c1=O)OC(C(=O)N1CCCCC1)c1ccccc1. The summed E-state index contributed by atoms with van der Waals surface area (Å²) in [6.45, 7) is 0.910. The number of nitrogens with zero attached hydrogens (tertiary/aromatic N) is 3. The fourth-order valence-corrected chi connectivity index (χ4v) is 4.20. The molecule has 1 aliphatic heterocycles. The first-order chi connectivity index (χ1) is 16.1. The van der Waals surface area contributed by atoms with Crippen LogP contribution in [0, 0.1) is 0 Å². The van der Waals surface area contributed by atoms with E-state index in [4.69, 9.17) is 9.15 Å². The summed E-state index contributed by atoms with van der Waals surface area (Å²) >= 11 is 0. The lowest BCUT2D eigenvalue weighted by molar-refractivity contribution is -0.162. The van der Waals surface area contributed by atoms with Crippen LogP contribution in [0.2, 0.25) is 0 Å². The molecule has 0 radical (unpaired) electrons. The van der Waals surface area contributed by atoms with Crippen LogP contribution in [-0.2, 0) is 20.9 Å². The lowest BCUT2D eigenvalue weighted by Crippen LogP contribution is -2.40. The van der Waals surface area contributed by atoms with Gasteiger partial charge in [-0.3, -0.25) is 19.0 Å². The Morgan fingerprint density at radius 1 is 1.00 bits per heavy atom. The minimum atomic E-state index is -1.06. The molecule has 2 aromatic heterocycles. The van der Waals surface area contributed by atoms with Gasteiger partial charge < -0.3 is 14.1 Å². The van der Waals surface area contributed by atoms with Crippen molar-refractivity contribution in [2.24, 2.45) is 0 Å². The summed E-state index contributed by atoms with van der Waals surface area (Å²) in [6.07, 6.45) is 3.19. The van der Waals surface area contributed by atoms with Gasteiger partial charge in [0.2, 0.25) is 11.7 Å². The molecule has 8 heteroatoms. The number of furan rings is 1. The van der Waals surface area contributed by atoms with Crippen molar-refractivity contribution in [1.82, 2.24) is 14.5 Å². The molecule has 2 aromatic carbocycles. The highest BCUT2D eigenvalue weighted by Gasteiger charge is 2.30. The minimum absolute atomic E-state index is 0.0792. The van der Waals surface area contributed by atoms with Crippen molar-refractivity contribution in [2.75, 3.05) is 13.1 Å². The quantitative estimate of drug-likeness (QED) is 0.437. The second kappa shape index (κ2) is 8.90. The van der Waals surface area contributed by atoms with Crippen LogP contribution >= 0.6 is 0 Å². The van der Waals surface area contributed by atoms with Crippen LogP contribution in [0.5, 0.6) is 0 Å². The Morgan fingerprint density at radius 2 is 1.73 bits per heavy atom. The molecule has 5 rings (SSSR count). The van der Waals surface area contributed by atoms with Crippen LogP contribution in [-0.4, -0.2) is 39.4 Å². The average Bonchev–Trinajstić information content (AvgIpc) is 3.24. The molecule has 4 aromatic rings. The maximum absolute atomic E-state index is 13.2. The van der Waals surface area contributed by atoms with Gasteiger partial charge in [0.15, 0.2) is 0 Å². The molecule has 3 heterocycles. The molecule has 1 saturated heterocycles. The van der Waals surface area contributed by atoms with Crippen molar-refractivity contribution in [3.63, 3.8) is 0 Å². The Labute approximate surface area is 189 Å². The van der Waals surface area contributed by atoms with E-state index in [-0.39, 0.29) is 18.0 Å². The van der Waals surface area contributed by atoms with Gasteiger partial charge in [-0.15, -0.1) is 0 Å². The number of para-hydroxylation sites is 1. The number of aromatic nitrogens is 2. The number of hydrogen-bond donors (Lipinski definition) is 0. The fourth-order valence-electron chi connectivity index (χ4n) is 4.20. The third-order valence-electron chi connectivity index (χ3n) is 5.89. The topological polar surface area (TPSA) is 94.6 Å². The summed E-state index contributed by atoms with van der Waals surface area (Å²) in [6, 6.07) is 16.2. The first kappa shape index (κ1) is 20.9. The summed E-state index contributed by atoms with van der Waals surface area (Å²) in [7, 11) is 0. The molecule has 0 bridgehead atoms. The summed E-state index contributed by atoms with van der Waals surface area (Å²) < 4.78 is 12.4. The minimum Gasteiger partial charge on any atom is -0.448 e. The first-order valence-corrected chi connectivity index (χ1v) is 11.0. The van der Waals surface area contributed by atoms with Gasteiger partial charge in [-0.05, 0) is 31.4 Å². The van der Waals surface area contributed by atoms with E-state index in [0.29, 0.717) is 29.8 Å². The Morgan fingerprint density at radius 3 is 2.52 bits per heavy atom. The number of carbonyl (C=O) groups excluding carboxylic acids is 2. The van der Waals surface area contributed by atoms with Gasteiger partial charge in [0.25, 0.3) is 11.5 Å². The van der Waals surface area contributed by atoms with Gasteiger partial charge >= 0.3 is 5.97 Å². The van der Waals surface area contributed by atoms with Crippen LogP contribution < -0.4 is 5.56 Å². The number of benzene rings is 2. The first-order valence-electron chi connectivity index (χ1n) is 11.0. The zero-order valence-electron chi connectivity index (χ0n) is 18.0. The molecule has 1 unspecified atom stereocenters. The van der Waals surface area contributed by atoms with E-state index < -0.39 is 17.6 Å². The number of ether oxygens (including phenoxy) is 1. The van der Waals surface area contributed by atoms with Gasteiger partial charge in [-0.25, -0.2) is 4.98 Å². The molecule has 1 fully saturated rings. The largest absolute Gasteiger partial charge is 0.448 e. The number of esters is 1. The number of piperidine rings is 1. The molecule has 8 nitrogen and oxygen atoms in total. The maximum Gasteiger partial charge on any atom is 0.327 e. The number of likely N-dealkylation sites (tertiary alicyclic amines) is 1. The molecule has 168 valence electrons. The summed E-state index contributed by atoms with van der Waals surface area (Å²) in [4.78, 5) is 45.0.